The fraction of sp³-hybridized carbons (Fsp3) is 0.455. The second-order valence-electron chi connectivity index (χ2n) is 15.1. The van der Waals surface area contributed by atoms with E-state index in [9.17, 15) is 19.8 Å². The van der Waals surface area contributed by atoms with E-state index in [1.807, 2.05) is 59.5 Å². The van der Waals surface area contributed by atoms with Crippen molar-refractivity contribution in [3.8, 4) is 11.5 Å². The van der Waals surface area contributed by atoms with Crippen LogP contribution in [0.4, 0.5) is 0 Å². The van der Waals surface area contributed by atoms with Crippen molar-refractivity contribution in [1.29, 1.82) is 0 Å². The molecule has 1 saturated carbocycles. The number of methoxy groups -OCH3 is 2. The first-order chi connectivity index (χ1) is 25.0. The van der Waals surface area contributed by atoms with Gasteiger partial charge in [-0.15, -0.1) is 11.3 Å². The normalized spacial score (nSPS) is 23.5. The van der Waals surface area contributed by atoms with Crippen LogP contribution in [0.25, 0.3) is 10.1 Å². The summed E-state index contributed by atoms with van der Waals surface area (Å²) in [5.41, 5.74) is 2.74. The molecule has 8 heteroatoms. The van der Waals surface area contributed by atoms with Gasteiger partial charge in [0.2, 0.25) is 11.7 Å². The third-order valence-corrected chi connectivity index (χ3v) is 12.8. The number of ketones is 1. The molecule has 0 aliphatic heterocycles. The molecule has 4 aromatic rings. The molecular weight excluding hydrogens is 671 g/mol. The number of aliphatic hydroxyl groups excluding tert-OH is 1. The molecule has 3 aliphatic carbocycles. The number of benzene rings is 3. The molecule has 3 aromatic carbocycles. The molecule has 4 atom stereocenters. The minimum atomic E-state index is -1.19. The van der Waals surface area contributed by atoms with Crippen LogP contribution in [-0.4, -0.2) is 65.8 Å². The largest absolute Gasteiger partial charge is 0.493 e. The Hall–Kier alpha value is -3.98. The average Bonchev–Trinajstić information content (AvgIpc) is 3.68. The highest BCUT2D eigenvalue weighted by Gasteiger charge is 2.57. The molecule has 1 fully saturated rings. The molecule has 0 spiro atoms. The summed E-state index contributed by atoms with van der Waals surface area (Å²) in [5, 5.41) is 25.0. The zero-order chi connectivity index (χ0) is 37.0. The summed E-state index contributed by atoms with van der Waals surface area (Å²) in [7, 11) is 3.17. The summed E-state index contributed by atoms with van der Waals surface area (Å²) in [6, 6.07) is 21.7. The quantitative estimate of drug-likeness (QED) is 0.126. The molecule has 3 aliphatic rings. The summed E-state index contributed by atoms with van der Waals surface area (Å²) in [6.45, 7) is 7.09. The van der Waals surface area contributed by atoms with Crippen LogP contribution in [0.5, 0.6) is 11.5 Å². The van der Waals surface area contributed by atoms with E-state index in [1.165, 1.54) is 16.9 Å². The van der Waals surface area contributed by atoms with Gasteiger partial charge in [0, 0.05) is 28.8 Å². The number of carbonyl (C=O) groups excluding carboxylic acids is 2. The van der Waals surface area contributed by atoms with E-state index in [-0.39, 0.29) is 30.6 Å². The summed E-state index contributed by atoms with van der Waals surface area (Å²) in [5.74, 6) is 0.992. The molecule has 1 aromatic heterocycles. The smallest absolute Gasteiger partial charge is 0.227 e. The Bertz CT molecular complexity index is 1910. The number of thiophene rings is 1. The molecule has 2 N–H and O–H groups in total. The number of carbonyl (C=O) groups is 2. The molecule has 0 radical (unpaired) electrons. The lowest BCUT2D eigenvalue weighted by atomic mass is 9.64. The molecule has 2 bridgehead atoms. The monoisotopic (exact) mass is 723 g/mol. The molecule has 1 amide bonds. The number of fused-ring (bicyclic) bond motifs is 9. The fourth-order valence-electron chi connectivity index (χ4n) is 8.58. The summed E-state index contributed by atoms with van der Waals surface area (Å²) in [6.07, 6.45) is 7.22. The van der Waals surface area contributed by atoms with Crippen LogP contribution >= 0.6 is 11.3 Å². The number of ether oxygens (including phenoxy) is 2. The van der Waals surface area contributed by atoms with Gasteiger partial charge in [-0.25, -0.2) is 0 Å². The molecule has 1 heterocycles. The summed E-state index contributed by atoms with van der Waals surface area (Å²) >= 11 is 1.51. The van der Waals surface area contributed by atoms with Gasteiger partial charge in [0.15, 0.2) is 11.5 Å². The SMILES string of the molecule is CCCN(C[C@]1(O)CC[C@H]2c3ccc(cc3C(=O)c3cc4ccccc4s3)C[C@@H](O)CCC(C)=CCC[C@@]21C)C(=O)Cc1ccc(OC)c(OC)c1. The maximum absolute atomic E-state index is 14.6. The first-order valence-electron chi connectivity index (χ1n) is 18.7. The molecule has 7 nitrogen and oxygen atoms in total. The van der Waals surface area contributed by atoms with Gasteiger partial charge in [0.1, 0.15) is 0 Å². The van der Waals surface area contributed by atoms with E-state index in [1.54, 1.807) is 14.2 Å². The van der Waals surface area contributed by atoms with Gasteiger partial charge in [-0.2, -0.15) is 0 Å². The number of aliphatic hydroxyl groups is 2. The van der Waals surface area contributed by atoms with Crippen LogP contribution in [0.15, 0.2) is 78.4 Å². The van der Waals surface area contributed by atoms with Gasteiger partial charge in [0.25, 0.3) is 0 Å². The Morgan fingerprint density at radius 2 is 1.77 bits per heavy atom. The average molecular weight is 724 g/mol. The Labute approximate surface area is 312 Å². The standard InChI is InChI=1S/C44H53NO6S/c1-6-22-45(41(47)26-31-15-18-37(50-4)38(25-31)51-5)28-44(49)21-19-36-34-17-14-30(23-33(46)16-13-29(2)10-9-20-43(36,44)3)24-35(34)42(48)40-27-32-11-7-8-12-39(32)52-40/h7-8,10-12,14-15,17-18,24-25,27,33,36,46,49H,6,9,13,16,19-23,26,28H2,1-5H3/t33-,36-,43-,44+/m0/s1. The molecule has 52 heavy (non-hydrogen) atoms. The zero-order valence-corrected chi connectivity index (χ0v) is 32.1. The van der Waals surface area contributed by atoms with Crippen LogP contribution in [-0.2, 0) is 17.6 Å². The fourth-order valence-corrected chi connectivity index (χ4v) is 9.59. The van der Waals surface area contributed by atoms with Gasteiger partial charge in [-0.1, -0.05) is 61.9 Å². The number of rotatable bonds is 10. The lowest BCUT2D eigenvalue weighted by Gasteiger charge is -2.46. The minimum absolute atomic E-state index is 0.0223. The van der Waals surface area contributed by atoms with Crippen molar-refractivity contribution in [3.05, 3.63) is 106 Å². The van der Waals surface area contributed by atoms with E-state index < -0.39 is 17.1 Å². The third-order valence-electron chi connectivity index (χ3n) is 11.7. The van der Waals surface area contributed by atoms with Crippen molar-refractivity contribution in [2.75, 3.05) is 27.3 Å². The van der Waals surface area contributed by atoms with Crippen molar-refractivity contribution in [1.82, 2.24) is 4.90 Å². The first-order valence-corrected chi connectivity index (χ1v) is 19.5. The zero-order valence-electron chi connectivity index (χ0n) is 31.2. The maximum Gasteiger partial charge on any atom is 0.227 e. The second kappa shape index (κ2) is 15.9. The number of allylic oxidation sites excluding steroid dienone is 2. The van der Waals surface area contributed by atoms with Crippen LogP contribution in [0.1, 0.15) is 104 Å². The van der Waals surface area contributed by atoms with Crippen LogP contribution in [0.2, 0.25) is 0 Å². The molecular formula is C44H53NO6S. The van der Waals surface area contributed by atoms with Gasteiger partial charge in [0.05, 0.1) is 37.2 Å². The Morgan fingerprint density at radius 3 is 2.52 bits per heavy atom. The third kappa shape index (κ3) is 7.71. The number of nitrogens with zero attached hydrogens (tertiary/aromatic N) is 1. The van der Waals surface area contributed by atoms with Gasteiger partial charge in [-0.3, -0.25) is 9.59 Å². The Balaban J connectivity index is 1.38. The van der Waals surface area contributed by atoms with Crippen molar-refractivity contribution >= 4 is 33.1 Å². The lowest BCUT2D eigenvalue weighted by Crippen LogP contribution is -2.54. The van der Waals surface area contributed by atoms with E-state index >= 15 is 0 Å². The van der Waals surface area contributed by atoms with Crippen molar-refractivity contribution in [2.24, 2.45) is 5.41 Å². The van der Waals surface area contributed by atoms with Crippen LogP contribution < -0.4 is 9.47 Å². The number of amides is 1. The predicted octanol–water partition coefficient (Wildman–Crippen LogP) is 8.67. The van der Waals surface area contributed by atoms with Gasteiger partial charge < -0.3 is 24.6 Å². The molecule has 276 valence electrons. The highest BCUT2D eigenvalue weighted by atomic mass is 32.1. The minimum Gasteiger partial charge on any atom is -0.493 e. The topological polar surface area (TPSA) is 96.3 Å². The van der Waals surface area contributed by atoms with E-state index in [0.717, 1.165) is 46.0 Å². The maximum atomic E-state index is 14.6. The predicted molar refractivity (Wildman–Crippen MR) is 209 cm³/mol. The molecule has 7 rings (SSSR count). The number of hydrogen-bond acceptors (Lipinski definition) is 7. The Kier molecular flexibility index (Phi) is 11.6. The highest BCUT2D eigenvalue weighted by Crippen LogP contribution is 2.59. The van der Waals surface area contributed by atoms with E-state index in [2.05, 4.69) is 39.0 Å². The lowest BCUT2D eigenvalue weighted by molar-refractivity contribution is -0.139. The van der Waals surface area contributed by atoms with Gasteiger partial charge in [-0.05, 0) is 117 Å². The van der Waals surface area contributed by atoms with Gasteiger partial charge >= 0.3 is 0 Å². The first kappa shape index (κ1) is 37.8. The summed E-state index contributed by atoms with van der Waals surface area (Å²) in [4.78, 5) is 31.1. The van der Waals surface area contributed by atoms with Crippen LogP contribution in [0.3, 0.4) is 0 Å². The van der Waals surface area contributed by atoms with Crippen molar-refractivity contribution in [2.45, 2.75) is 96.2 Å². The summed E-state index contributed by atoms with van der Waals surface area (Å²) < 4.78 is 12.0. The van der Waals surface area contributed by atoms with E-state index in [0.29, 0.717) is 60.6 Å². The number of hydrogen-bond donors (Lipinski definition) is 2. The molecule has 0 saturated heterocycles. The van der Waals surface area contributed by atoms with Crippen molar-refractivity contribution in [3.63, 3.8) is 0 Å². The van der Waals surface area contributed by atoms with Crippen LogP contribution in [0, 0.1) is 5.41 Å². The van der Waals surface area contributed by atoms with Crippen molar-refractivity contribution < 1.29 is 29.3 Å². The van der Waals surface area contributed by atoms with E-state index in [4.69, 9.17) is 9.47 Å². The highest BCUT2D eigenvalue weighted by molar-refractivity contribution is 7.21. The second-order valence-corrected chi connectivity index (χ2v) is 16.2. The molecule has 0 unspecified atom stereocenters. The Morgan fingerprint density at radius 1 is 0.981 bits per heavy atom.